The molecule has 1 aromatic carbocycles. The van der Waals surface area contributed by atoms with Crippen LogP contribution in [0.5, 0.6) is 0 Å². The SMILES string of the molecule is CCN(CCNc1ccc(C)cc1)S(C)(=O)=O. The molecule has 96 valence electrons. The van der Waals surface area contributed by atoms with E-state index in [9.17, 15) is 8.42 Å². The number of hydrogen-bond acceptors (Lipinski definition) is 3. The van der Waals surface area contributed by atoms with Gasteiger partial charge in [0.25, 0.3) is 0 Å². The largest absolute Gasteiger partial charge is 0.384 e. The number of aryl methyl sites for hydroxylation is 1. The number of nitrogens with zero attached hydrogens (tertiary/aromatic N) is 1. The van der Waals surface area contributed by atoms with Crippen molar-refractivity contribution < 1.29 is 8.42 Å². The Kier molecular flexibility index (Phi) is 4.96. The number of sulfonamides is 1. The summed E-state index contributed by atoms with van der Waals surface area (Å²) in [4.78, 5) is 0. The molecule has 0 aliphatic heterocycles. The molecule has 1 rings (SSSR count). The molecule has 0 aliphatic rings. The van der Waals surface area contributed by atoms with Gasteiger partial charge in [-0.1, -0.05) is 24.6 Å². The second-order valence-corrected chi connectivity index (χ2v) is 6.03. The maximum atomic E-state index is 11.3. The molecule has 17 heavy (non-hydrogen) atoms. The molecule has 0 heterocycles. The van der Waals surface area contributed by atoms with Crippen LogP contribution in [0.4, 0.5) is 5.69 Å². The number of hydrogen-bond donors (Lipinski definition) is 1. The molecular weight excluding hydrogens is 236 g/mol. The van der Waals surface area contributed by atoms with Crippen LogP contribution in [0.15, 0.2) is 24.3 Å². The first-order chi connectivity index (χ1) is 7.93. The van der Waals surface area contributed by atoms with Gasteiger partial charge in [-0.05, 0) is 19.1 Å². The lowest BCUT2D eigenvalue weighted by atomic mass is 10.2. The fraction of sp³-hybridized carbons (Fsp3) is 0.500. The summed E-state index contributed by atoms with van der Waals surface area (Å²) in [6.07, 6.45) is 1.24. The van der Waals surface area contributed by atoms with E-state index in [1.807, 2.05) is 38.1 Å². The monoisotopic (exact) mass is 256 g/mol. The number of benzene rings is 1. The zero-order valence-corrected chi connectivity index (χ0v) is 11.4. The van der Waals surface area contributed by atoms with Crippen molar-refractivity contribution in [2.24, 2.45) is 0 Å². The average molecular weight is 256 g/mol. The van der Waals surface area contributed by atoms with Crippen LogP contribution < -0.4 is 5.32 Å². The predicted molar refractivity (Wildman–Crippen MR) is 71.8 cm³/mol. The van der Waals surface area contributed by atoms with Crippen molar-refractivity contribution in [1.29, 1.82) is 0 Å². The van der Waals surface area contributed by atoms with Crippen LogP contribution in [0.1, 0.15) is 12.5 Å². The molecular formula is C12H20N2O2S. The van der Waals surface area contributed by atoms with Gasteiger partial charge in [-0.15, -0.1) is 0 Å². The van der Waals surface area contributed by atoms with E-state index in [0.717, 1.165) is 5.69 Å². The molecule has 0 aromatic heterocycles. The van der Waals surface area contributed by atoms with Crippen molar-refractivity contribution in [2.75, 3.05) is 31.2 Å². The van der Waals surface area contributed by atoms with Crippen LogP contribution in [-0.4, -0.2) is 38.6 Å². The number of rotatable bonds is 6. The highest BCUT2D eigenvalue weighted by molar-refractivity contribution is 7.88. The lowest BCUT2D eigenvalue weighted by Crippen LogP contribution is -2.33. The Morgan fingerprint density at radius 3 is 2.29 bits per heavy atom. The van der Waals surface area contributed by atoms with E-state index in [1.165, 1.54) is 16.1 Å². The van der Waals surface area contributed by atoms with E-state index < -0.39 is 10.0 Å². The van der Waals surface area contributed by atoms with E-state index in [4.69, 9.17) is 0 Å². The lowest BCUT2D eigenvalue weighted by Gasteiger charge is -2.18. The molecule has 0 radical (unpaired) electrons. The second kappa shape index (κ2) is 6.02. The standard InChI is InChI=1S/C12H20N2O2S/c1-4-14(17(3,15)16)10-9-13-12-7-5-11(2)6-8-12/h5-8,13H,4,9-10H2,1-3H3. The van der Waals surface area contributed by atoms with E-state index in [0.29, 0.717) is 19.6 Å². The van der Waals surface area contributed by atoms with Gasteiger partial charge in [-0.3, -0.25) is 0 Å². The van der Waals surface area contributed by atoms with Crippen molar-refractivity contribution in [2.45, 2.75) is 13.8 Å². The van der Waals surface area contributed by atoms with Crippen LogP contribution >= 0.6 is 0 Å². The van der Waals surface area contributed by atoms with Crippen LogP contribution in [0.3, 0.4) is 0 Å². The van der Waals surface area contributed by atoms with Crippen molar-refractivity contribution in [3.05, 3.63) is 29.8 Å². The first kappa shape index (κ1) is 14.0. The topological polar surface area (TPSA) is 49.4 Å². The molecule has 0 saturated heterocycles. The number of nitrogens with one attached hydrogen (secondary N) is 1. The molecule has 4 nitrogen and oxygen atoms in total. The summed E-state index contributed by atoms with van der Waals surface area (Å²) in [5.41, 5.74) is 2.22. The Bertz CT molecular complexity index is 440. The quantitative estimate of drug-likeness (QED) is 0.842. The van der Waals surface area contributed by atoms with Gasteiger partial charge in [-0.25, -0.2) is 12.7 Å². The van der Waals surface area contributed by atoms with Crippen LogP contribution in [-0.2, 0) is 10.0 Å². The summed E-state index contributed by atoms with van der Waals surface area (Å²) in [5, 5.41) is 3.20. The van der Waals surface area contributed by atoms with E-state index >= 15 is 0 Å². The van der Waals surface area contributed by atoms with Crippen molar-refractivity contribution in [3.8, 4) is 0 Å². The van der Waals surface area contributed by atoms with Gasteiger partial charge in [-0.2, -0.15) is 0 Å². The molecule has 0 bridgehead atoms. The van der Waals surface area contributed by atoms with Crippen molar-refractivity contribution in [1.82, 2.24) is 4.31 Å². The Balaban J connectivity index is 2.44. The number of likely N-dealkylation sites (N-methyl/N-ethyl adjacent to an activating group) is 1. The Labute approximate surface area is 104 Å². The Morgan fingerprint density at radius 2 is 1.82 bits per heavy atom. The summed E-state index contributed by atoms with van der Waals surface area (Å²) in [6.45, 7) is 5.49. The highest BCUT2D eigenvalue weighted by atomic mass is 32.2. The van der Waals surface area contributed by atoms with Gasteiger partial charge in [0.05, 0.1) is 6.26 Å². The summed E-state index contributed by atoms with van der Waals surface area (Å²) in [7, 11) is -3.08. The fourth-order valence-corrected chi connectivity index (χ4v) is 2.45. The second-order valence-electron chi connectivity index (χ2n) is 4.05. The van der Waals surface area contributed by atoms with E-state index in [-0.39, 0.29) is 0 Å². The minimum Gasteiger partial charge on any atom is -0.384 e. The van der Waals surface area contributed by atoms with Gasteiger partial charge < -0.3 is 5.32 Å². The van der Waals surface area contributed by atoms with Gasteiger partial charge in [0.2, 0.25) is 10.0 Å². The van der Waals surface area contributed by atoms with E-state index in [1.54, 1.807) is 0 Å². The molecule has 5 heteroatoms. The van der Waals surface area contributed by atoms with Crippen molar-refractivity contribution in [3.63, 3.8) is 0 Å². The minimum absolute atomic E-state index is 0.489. The first-order valence-corrected chi connectivity index (χ1v) is 7.54. The van der Waals surface area contributed by atoms with Gasteiger partial charge in [0, 0.05) is 25.3 Å². The molecule has 0 spiro atoms. The fourth-order valence-electron chi connectivity index (χ4n) is 1.55. The average Bonchev–Trinajstić information content (AvgIpc) is 2.25. The maximum absolute atomic E-state index is 11.3. The minimum atomic E-state index is -3.08. The normalized spacial score (nSPS) is 11.8. The predicted octanol–water partition coefficient (Wildman–Crippen LogP) is 1.69. The summed E-state index contributed by atoms with van der Waals surface area (Å²) in [5.74, 6) is 0. The van der Waals surface area contributed by atoms with Gasteiger partial charge in [0.15, 0.2) is 0 Å². The molecule has 0 amide bonds. The summed E-state index contributed by atoms with van der Waals surface area (Å²) in [6, 6.07) is 8.03. The Hall–Kier alpha value is -1.07. The van der Waals surface area contributed by atoms with Gasteiger partial charge in [0.1, 0.15) is 0 Å². The zero-order chi connectivity index (χ0) is 12.9. The molecule has 0 saturated carbocycles. The smallest absolute Gasteiger partial charge is 0.211 e. The van der Waals surface area contributed by atoms with Crippen LogP contribution in [0, 0.1) is 6.92 Å². The third-order valence-electron chi connectivity index (χ3n) is 2.56. The molecule has 0 aliphatic carbocycles. The van der Waals surface area contributed by atoms with E-state index in [2.05, 4.69) is 5.32 Å². The highest BCUT2D eigenvalue weighted by Gasteiger charge is 2.12. The maximum Gasteiger partial charge on any atom is 0.211 e. The molecule has 1 N–H and O–H groups in total. The molecule has 1 aromatic rings. The first-order valence-electron chi connectivity index (χ1n) is 5.69. The third-order valence-corrected chi connectivity index (χ3v) is 3.94. The zero-order valence-electron chi connectivity index (χ0n) is 10.6. The molecule has 0 unspecified atom stereocenters. The summed E-state index contributed by atoms with van der Waals surface area (Å²) >= 11 is 0. The third kappa shape index (κ3) is 4.75. The number of anilines is 1. The van der Waals surface area contributed by atoms with Crippen LogP contribution in [0.2, 0.25) is 0 Å². The molecule has 0 atom stereocenters. The summed E-state index contributed by atoms with van der Waals surface area (Å²) < 4.78 is 24.1. The van der Waals surface area contributed by atoms with Crippen molar-refractivity contribution >= 4 is 15.7 Å². The molecule has 0 fully saturated rings. The van der Waals surface area contributed by atoms with Gasteiger partial charge >= 0.3 is 0 Å². The van der Waals surface area contributed by atoms with Crippen LogP contribution in [0.25, 0.3) is 0 Å². The Morgan fingerprint density at radius 1 is 1.24 bits per heavy atom. The highest BCUT2D eigenvalue weighted by Crippen LogP contribution is 2.08. The lowest BCUT2D eigenvalue weighted by molar-refractivity contribution is 0.444.